The van der Waals surface area contributed by atoms with Crippen LogP contribution in [0.15, 0.2) is 48.7 Å². The maximum absolute atomic E-state index is 12.1. The number of nitrogens with zero attached hydrogens (tertiary/aromatic N) is 2. The van der Waals surface area contributed by atoms with Crippen LogP contribution in [0.3, 0.4) is 0 Å². The van der Waals surface area contributed by atoms with Gasteiger partial charge in [0.1, 0.15) is 0 Å². The van der Waals surface area contributed by atoms with E-state index in [9.17, 15) is 4.79 Å². The molecule has 4 heterocycles. The van der Waals surface area contributed by atoms with Crippen LogP contribution in [0.25, 0.3) is 23.4 Å². The molecule has 0 radical (unpaired) electrons. The van der Waals surface area contributed by atoms with Gasteiger partial charge in [-0.25, -0.2) is 0 Å². The summed E-state index contributed by atoms with van der Waals surface area (Å²) in [6, 6.07) is 14.5. The summed E-state index contributed by atoms with van der Waals surface area (Å²) < 4.78 is 5.45. The number of rotatable bonds is 6. The van der Waals surface area contributed by atoms with Gasteiger partial charge in [-0.2, -0.15) is 0 Å². The Labute approximate surface area is 188 Å². The summed E-state index contributed by atoms with van der Waals surface area (Å²) in [6.45, 7) is 5.42. The van der Waals surface area contributed by atoms with E-state index in [2.05, 4.69) is 62.7 Å². The van der Waals surface area contributed by atoms with Gasteiger partial charge in [0, 0.05) is 55.7 Å². The zero-order valence-corrected chi connectivity index (χ0v) is 18.1. The Bertz CT molecular complexity index is 1130. The van der Waals surface area contributed by atoms with Gasteiger partial charge < -0.3 is 15.0 Å². The van der Waals surface area contributed by atoms with Crippen LogP contribution in [-0.2, 0) is 17.6 Å². The fraction of sp³-hybridized carbons (Fsp3) is 0.308. The smallest absolute Gasteiger partial charge is 0.253 e. The van der Waals surface area contributed by atoms with Crippen molar-refractivity contribution >= 4 is 18.1 Å². The van der Waals surface area contributed by atoms with Crippen molar-refractivity contribution in [3.05, 3.63) is 76.7 Å². The summed E-state index contributed by atoms with van der Waals surface area (Å²) in [7, 11) is 0. The minimum Gasteiger partial charge on any atom is -0.379 e. The van der Waals surface area contributed by atoms with Gasteiger partial charge in [0.25, 0.3) is 5.91 Å². The first-order valence-electron chi connectivity index (χ1n) is 11.3. The highest BCUT2D eigenvalue weighted by atomic mass is 16.5. The number of hydrogen-bond acceptors (Lipinski definition) is 4. The third-order valence-corrected chi connectivity index (χ3v) is 6.19. The largest absolute Gasteiger partial charge is 0.379 e. The number of fused-ring (bicyclic) bond motifs is 1. The maximum atomic E-state index is 12.1. The molecular formula is C26H28N4O2. The second kappa shape index (κ2) is 9.51. The number of hydrogen-bond donors (Lipinski definition) is 2. The molecule has 1 saturated heterocycles. The first kappa shape index (κ1) is 20.7. The lowest BCUT2D eigenvalue weighted by Gasteiger charge is -2.26. The number of amides is 1. The average molecular weight is 429 g/mol. The summed E-state index contributed by atoms with van der Waals surface area (Å²) in [5, 5.41) is 2.90. The van der Waals surface area contributed by atoms with E-state index in [-0.39, 0.29) is 5.91 Å². The van der Waals surface area contributed by atoms with E-state index in [1.807, 2.05) is 18.3 Å². The number of H-pyrrole nitrogens is 1. The minimum atomic E-state index is -0.00314. The molecule has 2 N–H and O–H groups in total. The summed E-state index contributed by atoms with van der Waals surface area (Å²) in [5.74, 6) is -0.00314. The molecule has 1 fully saturated rings. The second-order valence-corrected chi connectivity index (χ2v) is 8.29. The monoisotopic (exact) mass is 428 g/mol. The van der Waals surface area contributed by atoms with Crippen LogP contribution in [0.4, 0.5) is 0 Å². The Morgan fingerprint density at radius 2 is 1.97 bits per heavy atom. The van der Waals surface area contributed by atoms with Crippen LogP contribution in [0.1, 0.15) is 32.9 Å². The van der Waals surface area contributed by atoms with Crippen LogP contribution in [0, 0.1) is 0 Å². The van der Waals surface area contributed by atoms with E-state index in [1.165, 1.54) is 11.1 Å². The molecule has 0 atom stereocenters. The number of carbonyl (C=O) groups excluding carboxylic acids is 1. The second-order valence-electron chi connectivity index (χ2n) is 8.29. The number of aromatic nitrogens is 2. The average Bonchev–Trinajstić information content (AvgIpc) is 3.29. The van der Waals surface area contributed by atoms with Crippen LogP contribution in [0.2, 0.25) is 0 Å². The van der Waals surface area contributed by atoms with E-state index >= 15 is 0 Å². The van der Waals surface area contributed by atoms with E-state index in [0.29, 0.717) is 6.54 Å². The maximum Gasteiger partial charge on any atom is 0.253 e. The van der Waals surface area contributed by atoms with Crippen LogP contribution < -0.4 is 5.32 Å². The van der Waals surface area contributed by atoms with Gasteiger partial charge in [-0.3, -0.25) is 14.7 Å². The number of ether oxygens (including phenoxy) is 1. The van der Waals surface area contributed by atoms with Gasteiger partial charge >= 0.3 is 0 Å². The fourth-order valence-corrected chi connectivity index (χ4v) is 4.36. The third-order valence-electron chi connectivity index (χ3n) is 6.19. The summed E-state index contributed by atoms with van der Waals surface area (Å²) >= 11 is 0. The predicted molar refractivity (Wildman–Crippen MR) is 126 cm³/mol. The van der Waals surface area contributed by atoms with Crippen LogP contribution >= 0.6 is 0 Å². The van der Waals surface area contributed by atoms with Crippen molar-refractivity contribution in [2.45, 2.75) is 12.8 Å². The molecule has 0 saturated carbocycles. The Kier molecular flexibility index (Phi) is 6.14. The molecule has 2 aliphatic heterocycles. The standard InChI is InChI=1S/C26H28N4O2/c31-26-23-18-25(29-24(23)8-11-28-26)21-7-10-27-22(17-21)6-5-19-3-1-2-4-20(19)9-12-30-13-15-32-16-14-30/h1-7,10,17-18,29H,8-9,11-16H2,(H,28,31). The topological polar surface area (TPSA) is 70.2 Å². The molecule has 6 nitrogen and oxygen atoms in total. The summed E-state index contributed by atoms with van der Waals surface area (Å²) in [5.41, 5.74) is 7.19. The summed E-state index contributed by atoms with van der Waals surface area (Å²) in [4.78, 5) is 22.5. The minimum absolute atomic E-state index is 0.00314. The van der Waals surface area contributed by atoms with Gasteiger partial charge in [-0.05, 0) is 41.8 Å². The molecular weight excluding hydrogens is 400 g/mol. The SMILES string of the molecule is O=C1NCCc2[nH]c(-c3ccnc(C=Cc4ccccc4CCN4CCOCC4)c3)cc21. The van der Waals surface area contributed by atoms with E-state index in [1.54, 1.807) is 0 Å². The lowest BCUT2D eigenvalue weighted by Crippen LogP contribution is -2.37. The van der Waals surface area contributed by atoms with Gasteiger partial charge in [0.15, 0.2) is 0 Å². The highest BCUT2D eigenvalue weighted by Gasteiger charge is 2.20. The van der Waals surface area contributed by atoms with E-state index in [4.69, 9.17) is 4.74 Å². The van der Waals surface area contributed by atoms with Crippen molar-refractivity contribution < 1.29 is 9.53 Å². The molecule has 0 spiro atoms. The molecule has 6 heteroatoms. The molecule has 0 bridgehead atoms. The van der Waals surface area contributed by atoms with Gasteiger partial charge in [0.05, 0.1) is 24.5 Å². The lowest BCUT2D eigenvalue weighted by atomic mass is 10.0. The molecule has 32 heavy (non-hydrogen) atoms. The molecule has 1 amide bonds. The predicted octanol–water partition coefficient (Wildman–Crippen LogP) is 3.41. The fourth-order valence-electron chi connectivity index (χ4n) is 4.36. The molecule has 2 aliphatic rings. The normalized spacial score (nSPS) is 16.8. The number of carbonyl (C=O) groups is 1. The number of pyridine rings is 1. The molecule has 3 aromatic rings. The first-order chi connectivity index (χ1) is 15.8. The third kappa shape index (κ3) is 4.66. The van der Waals surface area contributed by atoms with E-state index in [0.717, 1.165) is 73.9 Å². The number of nitrogens with one attached hydrogen (secondary N) is 2. The molecule has 0 unspecified atom stereocenters. The van der Waals surface area contributed by atoms with Crippen molar-refractivity contribution in [3.63, 3.8) is 0 Å². The molecule has 5 rings (SSSR count). The zero-order valence-electron chi connectivity index (χ0n) is 18.1. The van der Waals surface area contributed by atoms with E-state index < -0.39 is 0 Å². The first-order valence-corrected chi connectivity index (χ1v) is 11.3. The van der Waals surface area contributed by atoms with Crippen molar-refractivity contribution in [1.29, 1.82) is 0 Å². The van der Waals surface area contributed by atoms with Crippen molar-refractivity contribution in [1.82, 2.24) is 20.2 Å². The Morgan fingerprint density at radius 1 is 1.09 bits per heavy atom. The number of morpholine rings is 1. The molecule has 0 aliphatic carbocycles. The Balaban J connectivity index is 1.32. The highest BCUT2D eigenvalue weighted by molar-refractivity contribution is 5.97. The van der Waals surface area contributed by atoms with Crippen molar-refractivity contribution in [3.8, 4) is 11.3 Å². The van der Waals surface area contributed by atoms with Crippen molar-refractivity contribution in [2.24, 2.45) is 0 Å². The van der Waals surface area contributed by atoms with Gasteiger partial charge in [-0.15, -0.1) is 0 Å². The highest BCUT2D eigenvalue weighted by Crippen LogP contribution is 2.25. The Morgan fingerprint density at radius 3 is 2.84 bits per heavy atom. The quantitative estimate of drug-likeness (QED) is 0.631. The number of benzene rings is 1. The van der Waals surface area contributed by atoms with Crippen LogP contribution in [-0.4, -0.2) is 60.2 Å². The van der Waals surface area contributed by atoms with Crippen LogP contribution in [0.5, 0.6) is 0 Å². The lowest BCUT2D eigenvalue weighted by molar-refractivity contribution is 0.0384. The zero-order chi connectivity index (χ0) is 21.8. The molecule has 2 aromatic heterocycles. The number of aromatic amines is 1. The Hall–Kier alpha value is -3.22. The molecule has 164 valence electrons. The van der Waals surface area contributed by atoms with Gasteiger partial charge in [0.2, 0.25) is 0 Å². The van der Waals surface area contributed by atoms with Gasteiger partial charge in [-0.1, -0.05) is 30.3 Å². The molecule has 1 aromatic carbocycles. The van der Waals surface area contributed by atoms with Crippen molar-refractivity contribution in [2.75, 3.05) is 39.4 Å². The summed E-state index contributed by atoms with van der Waals surface area (Å²) in [6.07, 6.45) is 7.88.